The smallest absolute Gasteiger partial charge is 0.255 e. The molecular weight excluding hydrogens is 376 g/mol. The van der Waals surface area contributed by atoms with E-state index >= 15 is 0 Å². The number of amides is 1. The topological polar surface area (TPSA) is 92.4 Å². The molecule has 5 nitrogen and oxygen atoms in total. The number of carbonyl (C=O) groups excluding carboxylic acids is 2. The average molecular weight is 402 g/mol. The summed E-state index contributed by atoms with van der Waals surface area (Å²) in [5.41, 5.74) is 9.45. The second-order valence-corrected chi connectivity index (χ2v) is 8.38. The third-order valence-corrected chi connectivity index (χ3v) is 5.06. The molecule has 0 bridgehead atoms. The van der Waals surface area contributed by atoms with Crippen molar-refractivity contribution in [1.29, 1.82) is 0 Å². The molecule has 5 heteroatoms. The Morgan fingerprint density at radius 1 is 0.933 bits per heavy atom. The van der Waals surface area contributed by atoms with Crippen LogP contribution in [-0.2, 0) is 5.41 Å². The Morgan fingerprint density at radius 3 is 2.17 bits per heavy atom. The van der Waals surface area contributed by atoms with Gasteiger partial charge in [-0.3, -0.25) is 9.59 Å². The predicted octanol–water partition coefficient (Wildman–Crippen LogP) is 5.06. The van der Waals surface area contributed by atoms with Crippen LogP contribution < -0.4 is 11.1 Å². The van der Waals surface area contributed by atoms with E-state index < -0.39 is 0 Å². The molecule has 0 aromatic heterocycles. The highest BCUT2D eigenvalue weighted by atomic mass is 16.3. The van der Waals surface area contributed by atoms with Gasteiger partial charge >= 0.3 is 0 Å². The molecule has 0 atom stereocenters. The van der Waals surface area contributed by atoms with Crippen molar-refractivity contribution in [2.45, 2.75) is 33.1 Å². The maximum atomic E-state index is 13.0. The van der Waals surface area contributed by atoms with Crippen LogP contribution in [0.1, 0.15) is 58.2 Å². The van der Waals surface area contributed by atoms with E-state index in [1.807, 2.05) is 12.1 Å². The molecular formula is C25H26N2O3. The molecule has 0 aliphatic carbocycles. The average Bonchev–Trinajstić information content (AvgIpc) is 2.70. The summed E-state index contributed by atoms with van der Waals surface area (Å²) >= 11 is 0. The molecule has 3 aromatic carbocycles. The Labute approximate surface area is 176 Å². The molecule has 0 saturated heterocycles. The van der Waals surface area contributed by atoms with Crippen LogP contribution >= 0.6 is 0 Å². The zero-order valence-electron chi connectivity index (χ0n) is 17.6. The van der Waals surface area contributed by atoms with Gasteiger partial charge in [-0.05, 0) is 53.8 Å². The summed E-state index contributed by atoms with van der Waals surface area (Å²) in [6, 6.07) is 17.0. The van der Waals surface area contributed by atoms with Gasteiger partial charge in [0.1, 0.15) is 5.75 Å². The lowest BCUT2D eigenvalue weighted by atomic mass is 9.86. The van der Waals surface area contributed by atoms with Gasteiger partial charge in [-0.2, -0.15) is 0 Å². The highest BCUT2D eigenvalue weighted by Gasteiger charge is 2.20. The van der Waals surface area contributed by atoms with Crippen LogP contribution in [0.5, 0.6) is 5.75 Å². The maximum absolute atomic E-state index is 13.0. The quantitative estimate of drug-likeness (QED) is 0.420. The minimum Gasteiger partial charge on any atom is -0.508 e. The number of nitrogens with one attached hydrogen (secondary N) is 1. The monoisotopic (exact) mass is 402 g/mol. The zero-order chi connectivity index (χ0) is 22.1. The Morgan fingerprint density at radius 2 is 1.57 bits per heavy atom. The van der Waals surface area contributed by atoms with Crippen molar-refractivity contribution >= 4 is 23.1 Å². The lowest BCUT2D eigenvalue weighted by Crippen LogP contribution is -2.17. The summed E-state index contributed by atoms with van der Waals surface area (Å²) < 4.78 is 0. The van der Waals surface area contributed by atoms with Crippen molar-refractivity contribution in [3.8, 4) is 5.75 Å². The van der Waals surface area contributed by atoms with E-state index in [9.17, 15) is 14.7 Å². The van der Waals surface area contributed by atoms with E-state index in [-0.39, 0.29) is 39.8 Å². The van der Waals surface area contributed by atoms with Gasteiger partial charge in [-0.25, -0.2) is 0 Å². The first-order valence-corrected chi connectivity index (χ1v) is 9.72. The first kappa shape index (κ1) is 21.1. The number of nitrogens with two attached hydrogens (primary N) is 1. The molecule has 0 saturated carbocycles. The number of benzene rings is 3. The fraction of sp³-hybridized carbons (Fsp3) is 0.200. The van der Waals surface area contributed by atoms with Gasteiger partial charge in [-0.1, -0.05) is 51.1 Å². The van der Waals surface area contributed by atoms with Crippen molar-refractivity contribution in [2.75, 3.05) is 11.1 Å². The lowest BCUT2D eigenvalue weighted by Gasteiger charge is -2.19. The second kappa shape index (κ2) is 8.03. The van der Waals surface area contributed by atoms with Crippen LogP contribution in [0.15, 0.2) is 60.7 Å². The number of hydrogen-bond donors (Lipinski definition) is 3. The van der Waals surface area contributed by atoms with Crippen LogP contribution in [0.2, 0.25) is 0 Å². The van der Waals surface area contributed by atoms with Gasteiger partial charge in [0, 0.05) is 16.7 Å². The normalized spacial score (nSPS) is 11.2. The second-order valence-electron chi connectivity index (χ2n) is 8.38. The highest BCUT2D eigenvalue weighted by Crippen LogP contribution is 2.29. The van der Waals surface area contributed by atoms with Crippen molar-refractivity contribution in [2.24, 2.45) is 0 Å². The van der Waals surface area contributed by atoms with Crippen molar-refractivity contribution in [3.63, 3.8) is 0 Å². The van der Waals surface area contributed by atoms with Crippen LogP contribution in [-0.4, -0.2) is 16.8 Å². The van der Waals surface area contributed by atoms with Crippen LogP contribution in [0.25, 0.3) is 0 Å². The molecule has 0 aliphatic rings. The molecule has 0 spiro atoms. The number of carbonyl (C=O) groups is 2. The molecule has 3 rings (SSSR count). The summed E-state index contributed by atoms with van der Waals surface area (Å²) in [5, 5.41) is 12.7. The van der Waals surface area contributed by atoms with Crippen LogP contribution in [0, 0.1) is 6.92 Å². The van der Waals surface area contributed by atoms with Gasteiger partial charge in [0.2, 0.25) is 0 Å². The lowest BCUT2D eigenvalue weighted by molar-refractivity contribution is 0.102. The number of hydrogen-bond acceptors (Lipinski definition) is 4. The summed E-state index contributed by atoms with van der Waals surface area (Å²) in [5.74, 6) is -0.653. The van der Waals surface area contributed by atoms with Gasteiger partial charge in [0.15, 0.2) is 5.78 Å². The number of para-hydroxylation sites is 1. The van der Waals surface area contributed by atoms with E-state index in [0.29, 0.717) is 16.7 Å². The SMILES string of the molecule is Cc1ccc(C(=O)c2cccc(N)c2NC(=O)c2ccc(C(C)(C)C)cc2)cc1O. The molecule has 0 radical (unpaired) electrons. The number of anilines is 2. The Balaban J connectivity index is 1.92. The first-order valence-electron chi connectivity index (χ1n) is 9.72. The molecule has 0 heterocycles. The predicted molar refractivity (Wildman–Crippen MR) is 120 cm³/mol. The number of phenols is 1. The van der Waals surface area contributed by atoms with Gasteiger partial charge in [-0.15, -0.1) is 0 Å². The Bertz CT molecular complexity index is 1110. The van der Waals surface area contributed by atoms with Crippen molar-refractivity contribution in [3.05, 3.63) is 88.5 Å². The van der Waals surface area contributed by atoms with Crippen LogP contribution in [0.4, 0.5) is 11.4 Å². The number of rotatable bonds is 4. The third kappa shape index (κ3) is 4.35. The minimum absolute atomic E-state index is 0.0158. The van der Waals surface area contributed by atoms with E-state index in [4.69, 9.17) is 5.73 Å². The number of aromatic hydroxyl groups is 1. The number of phenolic OH excluding ortho intramolecular Hbond substituents is 1. The van der Waals surface area contributed by atoms with Gasteiger partial charge in [0.25, 0.3) is 5.91 Å². The van der Waals surface area contributed by atoms with E-state index in [2.05, 4.69) is 26.1 Å². The fourth-order valence-corrected chi connectivity index (χ4v) is 3.11. The van der Waals surface area contributed by atoms with E-state index in [0.717, 1.165) is 5.56 Å². The molecule has 30 heavy (non-hydrogen) atoms. The third-order valence-electron chi connectivity index (χ3n) is 5.06. The number of aryl methyl sites for hydroxylation is 1. The van der Waals surface area contributed by atoms with Crippen molar-refractivity contribution < 1.29 is 14.7 Å². The van der Waals surface area contributed by atoms with Crippen molar-refractivity contribution in [1.82, 2.24) is 0 Å². The molecule has 0 unspecified atom stereocenters. The highest BCUT2D eigenvalue weighted by molar-refractivity contribution is 6.17. The fourth-order valence-electron chi connectivity index (χ4n) is 3.11. The van der Waals surface area contributed by atoms with Crippen LogP contribution in [0.3, 0.4) is 0 Å². The molecule has 4 N–H and O–H groups in total. The summed E-state index contributed by atoms with van der Waals surface area (Å²) in [6.45, 7) is 8.06. The molecule has 1 amide bonds. The minimum atomic E-state index is -0.353. The summed E-state index contributed by atoms with van der Waals surface area (Å²) in [7, 11) is 0. The molecule has 154 valence electrons. The molecule has 3 aromatic rings. The largest absolute Gasteiger partial charge is 0.508 e. The number of ketones is 1. The van der Waals surface area contributed by atoms with Gasteiger partial charge in [0.05, 0.1) is 11.4 Å². The zero-order valence-corrected chi connectivity index (χ0v) is 17.6. The maximum Gasteiger partial charge on any atom is 0.255 e. The molecule has 0 aliphatic heterocycles. The molecule has 0 fully saturated rings. The Kier molecular flexibility index (Phi) is 5.65. The van der Waals surface area contributed by atoms with E-state index in [1.54, 1.807) is 49.4 Å². The number of nitrogen functional groups attached to an aromatic ring is 1. The summed E-state index contributed by atoms with van der Waals surface area (Å²) in [6.07, 6.45) is 0. The standard InChI is InChI=1S/C25H26N2O3/c1-15-8-9-17(14-21(15)28)23(29)19-6-5-7-20(26)22(19)27-24(30)16-10-12-18(13-11-16)25(2,3)4/h5-14,28H,26H2,1-4H3,(H,27,30). The Hall–Kier alpha value is -3.60. The van der Waals surface area contributed by atoms with Gasteiger partial charge < -0.3 is 16.2 Å². The first-order chi connectivity index (χ1) is 14.1. The summed E-state index contributed by atoms with van der Waals surface area (Å²) in [4.78, 5) is 25.9. The van der Waals surface area contributed by atoms with E-state index in [1.165, 1.54) is 6.07 Å².